The molecule has 1 amide bonds. The van der Waals surface area contributed by atoms with Gasteiger partial charge >= 0.3 is 12.1 Å². The van der Waals surface area contributed by atoms with Gasteiger partial charge in [-0.1, -0.05) is 19.1 Å². The van der Waals surface area contributed by atoms with Gasteiger partial charge in [0.1, 0.15) is 23.7 Å². The van der Waals surface area contributed by atoms with Crippen LogP contribution in [0, 0.1) is 18.8 Å². The van der Waals surface area contributed by atoms with Crippen LogP contribution in [0.2, 0.25) is 0 Å². The van der Waals surface area contributed by atoms with E-state index < -0.39 is 12.1 Å². The number of nitrogens with zero attached hydrogens (tertiary/aromatic N) is 5. The van der Waals surface area contributed by atoms with Crippen molar-refractivity contribution in [2.75, 3.05) is 13.6 Å². The average molecular weight is 446 g/mol. The van der Waals surface area contributed by atoms with Crippen molar-refractivity contribution in [1.82, 2.24) is 24.9 Å². The number of ether oxygens (including phenoxy) is 2. The lowest BCUT2D eigenvalue weighted by Crippen LogP contribution is -2.30. The van der Waals surface area contributed by atoms with Crippen LogP contribution in [0.15, 0.2) is 12.1 Å². The third-order valence-corrected chi connectivity index (χ3v) is 5.53. The van der Waals surface area contributed by atoms with Gasteiger partial charge in [0.2, 0.25) is 0 Å². The van der Waals surface area contributed by atoms with E-state index in [9.17, 15) is 14.7 Å². The van der Waals surface area contributed by atoms with E-state index in [0.717, 1.165) is 0 Å². The minimum absolute atomic E-state index is 0.0255. The zero-order valence-corrected chi connectivity index (χ0v) is 19.2. The van der Waals surface area contributed by atoms with Crippen molar-refractivity contribution >= 4 is 12.1 Å². The monoisotopic (exact) mass is 445 g/mol. The first kappa shape index (κ1) is 23.5. The summed E-state index contributed by atoms with van der Waals surface area (Å²) >= 11 is 0. The Morgan fingerprint density at radius 3 is 2.69 bits per heavy atom. The van der Waals surface area contributed by atoms with Crippen molar-refractivity contribution in [2.45, 2.75) is 52.7 Å². The first-order chi connectivity index (χ1) is 15.2. The summed E-state index contributed by atoms with van der Waals surface area (Å²) in [7, 11) is 3.44. The molecule has 10 heteroatoms. The molecule has 2 heterocycles. The summed E-state index contributed by atoms with van der Waals surface area (Å²) in [5, 5.41) is 17.4. The molecule has 1 saturated carbocycles. The predicted molar refractivity (Wildman–Crippen MR) is 116 cm³/mol. The van der Waals surface area contributed by atoms with Gasteiger partial charge < -0.3 is 19.5 Å². The van der Waals surface area contributed by atoms with Crippen LogP contribution in [0.1, 0.15) is 44.5 Å². The molecule has 0 saturated heterocycles. The zero-order chi connectivity index (χ0) is 23.4. The molecule has 0 radical (unpaired) electrons. The largest absolute Gasteiger partial charge is 0.489 e. The first-order valence-corrected chi connectivity index (χ1v) is 10.8. The van der Waals surface area contributed by atoms with Gasteiger partial charge in [-0.15, -0.1) is 5.10 Å². The number of rotatable bonds is 8. The number of amides is 1. The molecule has 2 aromatic rings. The van der Waals surface area contributed by atoms with Crippen LogP contribution in [0.3, 0.4) is 0 Å². The van der Waals surface area contributed by atoms with Gasteiger partial charge in [0, 0.05) is 20.6 Å². The van der Waals surface area contributed by atoms with Gasteiger partial charge in [0.05, 0.1) is 23.4 Å². The van der Waals surface area contributed by atoms with Crippen molar-refractivity contribution < 1.29 is 24.2 Å². The molecule has 2 atom stereocenters. The number of pyridine rings is 1. The van der Waals surface area contributed by atoms with Crippen LogP contribution >= 0.6 is 0 Å². The van der Waals surface area contributed by atoms with E-state index in [4.69, 9.17) is 9.47 Å². The standard InChI is InChI=1S/C22H31N5O5/c1-13(2)11-26(4)22(30)31-12-18-20(24-25-27(18)5)17-8-9-19(14(3)23-17)32-16-7-6-15(10-16)21(28)29/h8-9,13,15-16H,6-7,10-12H2,1-5H3,(H,28,29)/t15-,16-/m0/s1. The second-order valence-electron chi connectivity index (χ2n) is 8.71. The maximum atomic E-state index is 12.2. The van der Waals surface area contributed by atoms with Gasteiger partial charge in [-0.3, -0.25) is 4.79 Å². The quantitative estimate of drug-likeness (QED) is 0.658. The number of aryl methyl sites for hydroxylation is 2. The Labute approximate surface area is 187 Å². The van der Waals surface area contributed by atoms with Crippen molar-refractivity contribution in [3.8, 4) is 17.1 Å². The molecule has 0 aromatic carbocycles. The molecule has 0 spiro atoms. The molecule has 0 unspecified atom stereocenters. The molecule has 1 aliphatic carbocycles. The number of aromatic nitrogens is 4. The SMILES string of the molecule is Cc1nc(-c2nnn(C)c2COC(=O)N(C)CC(C)C)ccc1O[C@H]1CC[C@H](C(=O)O)C1. The summed E-state index contributed by atoms with van der Waals surface area (Å²) in [5.74, 6) is -0.157. The fourth-order valence-electron chi connectivity index (χ4n) is 3.86. The molecule has 3 rings (SSSR count). The lowest BCUT2D eigenvalue weighted by atomic mass is 10.1. The fraction of sp³-hybridized carbons (Fsp3) is 0.591. The van der Waals surface area contributed by atoms with E-state index in [-0.39, 0.29) is 18.6 Å². The third kappa shape index (κ3) is 5.54. The number of carboxylic acid groups (broad SMARTS) is 1. The molecule has 32 heavy (non-hydrogen) atoms. The predicted octanol–water partition coefficient (Wildman–Crippen LogP) is 3.04. The van der Waals surface area contributed by atoms with E-state index in [0.29, 0.717) is 60.3 Å². The summed E-state index contributed by atoms with van der Waals surface area (Å²) in [5.41, 5.74) is 2.44. The van der Waals surface area contributed by atoms with Crippen molar-refractivity contribution in [3.05, 3.63) is 23.5 Å². The Balaban J connectivity index is 1.69. The third-order valence-electron chi connectivity index (χ3n) is 5.53. The van der Waals surface area contributed by atoms with Gasteiger partial charge in [0.15, 0.2) is 0 Å². The van der Waals surface area contributed by atoms with Crippen LogP contribution in [0.5, 0.6) is 5.75 Å². The fourth-order valence-corrected chi connectivity index (χ4v) is 3.86. The first-order valence-electron chi connectivity index (χ1n) is 10.8. The maximum Gasteiger partial charge on any atom is 0.409 e. The average Bonchev–Trinajstić information content (AvgIpc) is 3.34. The van der Waals surface area contributed by atoms with E-state index in [1.807, 2.05) is 26.8 Å². The normalized spacial score (nSPS) is 18.1. The highest BCUT2D eigenvalue weighted by atomic mass is 16.6. The molecule has 0 aliphatic heterocycles. The topological polar surface area (TPSA) is 120 Å². The summed E-state index contributed by atoms with van der Waals surface area (Å²) in [6.07, 6.45) is 1.30. The lowest BCUT2D eigenvalue weighted by Gasteiger charge is -2.19. The molecule has 174 valence electrons. The van der Waals surface area contributed by atoms with Crippen LogP contribution < -0.4 is 4.74 Å². The zero-order valence-electron chi connectivity index (χ0n) is 19.2. The van der Waals surface area contributed by atoms with E-state index in [1.54, 1.807) is 29.7 Å². The number of carbonyl (C=O) groups is 2. The van der Waals surface area contributed by atoms with E-state index in [2.05, 4.69) is 15.3 Å². The van der Waals surface area contributed by atoms with Gasteiger partial charge in [-0.05, 0) is 44.2 Å². The highest BCUT2D eigenvalue weighted by Crippen LogP contribution is 2.31. The number of carbonyl (C=O) groups excluding carboxylic acids is 1. The molecular formula is C22H31N5O5. The Kier molecular flexibility index (Phi) is 7.32. The van der Waals surface area contributed by atoms with Crippen LogP contribution in [0.25, 0.3) is 11.4 Å². The number of hydrogen-bond acceptors (Lipinski definition) is 7. The van der Waals surface area contributed by atoms with Gasteiger partial charge in [-0.25, -0.2) is 14.5 Å². The molecule has 10 nitrogen and oxygen atoms in total. The highest BCUT2D eigenvalue weighted by Gasteiger charge is 2.31. The number of aliphatic carboxylic acids is 1. The van der Waals surface area contributed by atoms with E-state index >= 15 is 0 Å². The highest BCUT2D eigenvalue weighted by molar-refractivity contribution is 5.70. The Bertz CT molecular complexity index is 974. The minimum atomic E-state index is -0.771. The van der Waals surface area contributed by atoms with Crippen LogP contribution in [0.4, 0.5) is 4.79 Å². The Hall–Kier alpha value is -3.17. The molecule has 1 N–H and O–H groups in total. The number of carboxylic acids is 1. The molecule has 2 aromatic heterocycles. The minimum Gasteiger partial charge on any atom is -0.489 e. The molecule has 1 fully saturated rings. The lowest BCUT2D eigenvalue weighted by molar-refractivity contribution is -0.141. The maximum absolute atomic E-state index is 12.2. The Morgan fingerprint density at radius 1 is 1.31 bits per heavy atom. The van der Waals surface area contributed by atoms with Crippen molar-refractivity contribution in [1.29, 1.82) is 0 Å². The van der Waals surface area contributed by atoms with Gasteiger partial charge in [-0.2, -0.15) is 0 Å². The van der Waals surface area contributed by atoms with E-state index in [1.165, 1.54) is 0 Å². The second-order valence-corrected chi connectivity index (χ2v) is 8.71. The molecular weight excluding hydrogens is 414 g/mol. The van der Waals surface area contributed by atoms with Crippen molar-refractivity contribution in [2.24, 2.45) is 18.9 Å². The summed E-state index contributed by atoms with van der Waals surface area (Å²) in [6.45, 7) is 6.53. The summed E-state index contributed by atoms with van der Waals surface area (Å²) < 4.78 is 13.0. The van der Waals surface area contributed by atoms with Crippen LogP contribution in [-0.4, -0.2) is 61.7 Å². The van der Waals surface area contributed by atoms with Crippen molar-refractivity contribution in [3.63, 3.8) is 0 Å². The number of hydrogen-bond donors (Lipinski definition) is 1. The molecule has 0 bridgehead atoms. The Morgan fingerprint density at radius 2 is 2.06 bits per heavy atom. The molecule has 1 aliphatic rings. The second kappa shape index (κ2) is 9.97. The van der Waals surface area contributed by atoms with Crippen LogP contribution in [-0.2, 0) is 23.2 Å². The summed E-state index contributed by atoms with van der Waals surface area (Å²) in [4.78, 5) is 29.6. The van der Waals surface area contributed by atoms with Gasteiger partial charge in [0.25, 0.3) is 0 Å². The smallest absolute Gasteiger partial charge is 0.409 e. The summed E-state index contributed by atoms with van der Waals surface area (Å²) in [6, 6.07) is 3.60.